The van der Waals surface area contributed by atoms with Gasteiger partial charge < -0.3 is 14.6 Å². The van der Waals surface area contributed by atoms with Gasteiger partial charge in [-0.15, -0.1) is 6.42 Å². The van der Waals surface area contributed by atoms with Crippen LogP contribution in [-0.4, -0.2) is 85.9 Å². The average molecular weight is 707 g/mol. The van der Waals surface area contributed by atoms with Crippen LogP contribution >= 0.6 is 0 Å². The van der Waals surface area contributed by atoms with Gasteiger partial charge >= 0.3 is 12.1 Å². The first-order valence-electron chi connectivity index (χ1n) is 17.0. The first-order chi connectivity index (χ1) is 24.2. The van der Waals surface area contributed by atoms with E-state index in [0.717, 1.165) is 18.9 Å². The molecule has 0 saturated carbocycles. The van der Waals surface area contributed by atoms with E-state index in [1.54, 1.807) is 30.7 Å². The summed E-state index contributed by atoms with van der Waals surface area (Å²) in [5.74, 6) is -2.34. The van der Waals surface area contributed by atoms with Crippen LogP contribution in [0.4, 0.5) is 28.2 Å². The Bertz CT molecular complexity index is 2080. The lowest BCUT2D eigenvalue weighted by Gasteiger charge is -2.36. The van der Waals surface area contributed by atoms with E-state index < -0.39 is 34.8 Å². The van der Waals surface area contributed by atoms with Crippen LogP contribution < -0.4 is 9.75 Å². The Hall–Kier alpha value is -4.90. The van der Waals surface area contributed by atoms with Crippen LogP contribution in [0.5, 0.6) is 11.8 Å². The molecule has 3 aliphatic rings. The molecule has 7 rings (SSSR count). The van der Waals surface area contributed by atoms with E-state index in [4.69, 9.17) is 15.9 Å². The summed E-state index contributed by atoms with van der Waals surface area (Å²) in [6.45, 7) is 5.81. The fraction of sp³-hybridized carbons (Fsp3) is 0.459. The summed E-state index contributed by atoms with van der Waals surface area (Å²) < 4.78 is 73.0. The summed E-state index contributed by atoms with van der Waals surface area (Å²) in [5, 5.41) is 14.2. The molecule has 1 atom stereocenters. The highest BCUT2D eigenvalue weighted by molar-refractivity contribution is 6.03. The maximum atomic E-state index is 17.0. The van der Waals surface area contributed by atoms with E-state index in [1.165, 1.54) is 29.4 Å². The first kappa shape index (κ1) is 34.5. The zero-order valence-corrected chi connectivity index (χ0v) is 28.6. The molecule has 1 amide bonds. The number of phenols is 1. The van der Waals surface area contributed by atoms with E-state index in [-0.39, 0.29) is 76.8 Å². The number of carbonyl (C=O) groups excluding carboxylic acids is 1. The first-order valence-corrected chi connectivity index (χ1v) is 17.0. The molecule has 4 aromatic rings. The Kier molecular flexibility index (Phi) is 8.60. The number of phenolic OH excluding ortho intramolecular Hbond substituents is 1. The highest BCUT2D eigenvalue weighted by Gasteiger charge is 2.57. The molecule has 10 nitrogen and oxygen atoms in total. The Morgan fingerprint density at radius 2 is 1.86 bits per heavy atom. The van der Waals surface area contributed by atoms with Crippen LogP contribution in [0.2, 0.25) is 0 Å². The summed E-state index contributed by atoms with van der Waals surface area (Å²) in [5.41, 5.74) is -2.39. The summed E-state index contributed by atoms with van der Waals surface area (Å²) in [4.78, 5) is 28.8. The highest BCUT2D eigenvalue weighted by Crippen LogP contribution is 2.46. The van der Waals surface area contributed by atoms with Crippen molar-refractivity contribution in [2.24, 2.45) is 0 Å². The molecular formula is C37H38F4N6O4. The number of benzene rings is 2. The smallest absolute Gasteiger partial charge is 0.429 e. The van der Waals surface area contributed by atoms with Crippen molar-refractivity contribution in [1.29, 1.82) is 0 Å². The fourth-order valence-corrected chi connectivity index (χ4v) is 7.56. The summed E-state index contributed by atoms with van der Waals surface area (Å²) >= 11 is 0. The summed E-state index contributed by atoms with van der Waals surface area (Å²) in [6.07, 6.45) is 9.34. The van der Waals surface area contributed by atoms with Crippen molar-refractivity contribution in [2.45, 2.75) is 76.4 Å². The molecule has 0 spiro atoms. The number of rotatable bonds is 5. The van der Waals surface area contributed by atoms with Gasteiger partial charge in [0.25, 0.3) is 5.92 Å². The van der Waals surface area contributed by atoms with E-state index in [0.29, 0.717) is 37.7 Å². The Morgan fingerprint density at radius 1 is 1.08 bits per heavy atom. The minimum atomic E-state index is -2.88. The van der Waals surface area contributed by atoms with Gasteiger partial charge in [0.05, 0.1) is 23.0 Å². The van der Waals surface area contributed by atoms with Crippen molar-refractivity contribution < 1.29 is 36.9 Å². The Balaban J connectivity index is 1.40. The number of alkyl halides is 2. The second-order valence-electron chi connectivity index (χ2n) is 14.5. The lowest BCUT2D eigenvalue weighted by molar-refractivity contribution is 0.00801. The van der Waals surface area contributed by atoms with Crippen molar-refractivity contribution in [3.8, 4) is 35.4 Å². The zero-order chi connectivity index (χ0) is 36.3. The number of terminal acetylenes is 1. The van der Waals surface area contributed by atoms with Crippen molar-refractivity contribution in [3.63, 3.8) is 0 Å². The number of nitrogens with zero attached hydrogens (tertiary/aromatic N) is 6. The lowest BCUT2D eigenvalue weighted by Crippen LogP contribution is -2.49. The quantitative estimate of drug-likeness (QED) is 0.170. The number of halogens is 4. The minimum absolute atomic E-state index is 0.0262. The van der Waals surface area contributed by atoms with Gasteiger partial charge in [0.2, 0.25) is 0 Å². The monoisotopic (exact) mass is 706 g/mol. The second-order valence-corrected chi connectivity index (χ2v) is 14.5. The van der Waals surface area contributed by atoms with Crippen LogP contribution in [-0.2, 0) is 4.74 Å². The number of hydrogen-bond donors (Lipinski definition) is 1. The van der Waals surface area contributed by atoms with E-state index in [9.17, 15) is 23.1 Å². The molecule has 5 heterocycles. The number of carbonyl (C=O) groups is 1. The third-order valence-corrected chi connectivity index (χ3v) is 9.70. The number of aromatic hydroxyl groups is 1. The van der Waals surface area contributed by atoms with Gasteiger partial charge in [0, 0.05) is 36.7 Å². The normalized spacial score (nSPS) is 20.7. The summed E-state index contributed by atoms with van der Waals surface area (Å²) in [6, 6.07) is 4.92. The standard InChI is InChI=1S/C37H38F4N6O4/c1-5-24-27(38)11-10-22-16-23(48)17-25(28(22)24)30-29(39)31-26(18-42-30)32(46-14-7-6-8-15-47(46)34(49)51-35(2,3)4)44-33(43-31)50-21-36-12-9-13-45(36)20-37(40,41)19-36/h1,10-11,16-18,48H,6-9,12-15,19-21H2,2-4H3/t36-/m0/s1. The van der Waals surface area contributed by atoms with Crippen LogP contribution in [0.15, 0.2) is 30.5 Å². The number of aromatic nitrogens is 3. The third-order valence-electron chi connectivity index (χ3n) is 9.70. The van der Waals surface area contributed by atoms with Crippen LogP contribution in [0.1, 0.15) is 64.9 Å². The highest BCUT2D eigenvalue weighted by atomic mass is 19.3. The summed E-state index contributed by atoms with van der Waals surface area (Å²) in [7, 11) is 0. The molecule has 268 valence electrons. The Labute approximate surface area is 292 Å². The molecule has 0 bridgehead atoms. The number of hydrazine groups is 1. The van der Waals surface area contributed by atoms with E-state index in [2.05, 4.69) is 20.9 Å². The van der Waals surface area contributed by atoms with Gasteiger partial charge in [-0.1, -0.05) is 12.0 Å². The lowest BCUT2D eigenvalue weighted by atomic mass is 9.94. The number of pyridine rings is 1. The molecule has 14 heteroatoms. The molecule has 3 aliphatic heterocycles. The van der Waals surface area contributed by atoms with E-state index in [1.807, 2.05) is 0 Å². The SMILES string of the molecule is C#Cc1c(F)ccc2cc(O)cc(-c3ncc4c(N5CCCCCN5C(=O)OC(C)(C)C)nc(OC[C@@]56CCCN5CC(F)(F)C6)nc4c3F)c12. The number of amides is 1. The molecule has 3 fully saturated rings. The number of fused-ring (bicyclic) bond motifs is 3. The average Bonchev–Trinajstić information content (AvgIpc) is 3.41. The van der Waals surface area contributed by atoms with Crippen LogP contribution in [0.3, 0.4) is 0 Å². The largest absolute Gasteiger partial charge is 0.508 e. The molecule has 0 radical (unpaired) electrons. The van der Waals surface area contributed by atoms with Crippen molar-refractivity contribution >= 4 is 33.6 Å². The number of ether oxygens (including phenoxy) is 2. The maximum Gasteiger partial charge on any atom is 0.429 e. The fourth-order valence-electron chi connectivity index (χ4n) is 7.56. The van der Waals surface area contributed by atoms with Crippen LogP contribution in [0, 0.1) is 24.0 Å². The Morgan fingerprint density at radius 3 is 2.63 bits per heavy atom. The van der Waals surface area contributed by atoms with Gasteiger partial charge in [0.1, 0.15) is 35.0 Å². The van der Waals surface area contributed by atoms with Crippen LogP contribution in [0.25, 0.3) is 32.9 Å². The topological polar surface area (TPSA) is 104 Å². The maximum absolute atomic E-state index is 17.0. The van der Waals surface area contributed by atoms with E-state index >= 15 is 4.39 Å². The molecule has 0 aliphatic carbocycles. The van der Waals surface area contributed by atoms with Gasteiger partial charge in [-0.25, -0.2) is 27.4 Å². The molecule has 2 aromatic carbocycles. The molecular weight excluding hydrogens is 668 g/mol. The van der Waals surface area contributed by atoms with Gasteiger partial charge in [0.15, 0.2) is 11.6 Å². The van der Waals surface area contributed by atoms with Crippen molar-refractivity contribution in [3.05, 3.63) is 47.7 Å². The third kappa shape index (κ3) is 6.44. The van der Waals surface area contributed by atoms with Crippen molar-refractivity contribution in [2.75, 3.05) is 37.8 Å². The second kappa shape index (κ2) is 12.7. The predicted octanol–water partition coefficient (Wildman–Crippen LogP) is 7.20. The molecule has 3 saturated heterocycles. The number of anilines is 1. The van der Waals surface area contributed by atoms with Gasteiger partial charge in [-0.05, 0) is 83.0 Å². The molecule has 2 aromatic heterocycles. The number of hydrogen-bond acceptors (Lipinski definition) is 9. The van der Waals surface area contributed by atoms with Gasteiger partial charge in [-0.3, -0.25) is 14.9 Å². The van der Waals surface area contributed by atoms with Crippen molar-refractivity contribution in [1.82, 2.24) is 24.9 Å². The zero-order valence-electron chi connectivity index (χ0n) is 28.6. The molecule has 1 N–H and O–H groups in total. The molecule has 0 unspecified atom stereocenters. The minimum Gasteiger partial charge on any atom is -0.508 e. The van der Waals surface area contributed by atoms with Gasteiger partial charge in [-0.2, -0.15) is 9.97 Å². The predicted molar refractivity (Wildman–Crippen MR) is 183 cm³/mol. The molecule has 51 heavy (non-hydrogen) atoms.